The molecular formula is C16H15BrFNO2. The van der Waals surface area contributed by atoms with Crippen LogP contribution in [0.2, 0.25) is 0 Å². The minimum Gasteiger partial charge on any atom is -0.380 e. The van der Waals surface area contributed by atoms with E-state index >= 15 is 0 Å². The van der Waals surface area contributed by atoms with E-state index in [-0.39, 0.29) is 10.4 Å². The lowest BCUT2D eigenvalue weighted by Crippen LogP contribution is -2.23. The van der Waals surface area contributed by atoms with Crippen molar-refractivity contribution in [3.63, 3.8) is 0 Å². The average molecular weight is 352 g/mol. The van der Waals surface area contributed by atoms with Crippen LogP contribution >= 0.6 is 15.9 Å². The van der Waals surface area contributed by atoms with Crippen LogP contribution < -0.4 is 5.32 Å². The number of rotatable bonds is 5. The van der Waals surface area contributed by atoms with E-state index < -0.39 is 5.82 Å². The molecule has 2 rings (SSSR count). The summed E-state index contributed by atoms with van der Waals surface area (Å²) < 4.78 is 18.6. The Labute approximate surface area is 131 Å². The van der Waals surface area contributed by atoms with Gasteiger partial charge >= 0.3 is 0 Å². The predicted molar refractivity (Wildman–Crippen MR) is 82.4 cm³/mol. The number of amides is 1. The number of ether oxygens (including phenoxy) is 1. The molecule has 0 fully saturated rings. The second-order valence-electron chi connectivity index (χ2n) is 4.51. The molecule has 21 heavy (non-hydrogen) atoms. The molecular weight excluding hydrogens is 337 g/mol. The molecule has 1 N–H and O–H groups in total. The highest BCUT2D eigenvalue weighted by Crippen LogP contribution is 2.17. The predicted octanol–water partition coefficient (Wildman–Crippen LogP) is 3.66. The highest BCUT2D eigenvalue weighted by atomic mass is 79.9. The SMILES string of the molecule is COCc1ccccc1CNC(=O)c1ccc(F)c(Br)c1. The standard InChI is InChI=1S/C16H15BrFNO2/c1-21-10-13-5-3-2-4-12(13)9-19-16(20)11-6-7-15(18)14(17)8-11/h2-8H,9-10H2,1H3,(H,19,20). The Morgan fingerprint density at radius 2 is 1.95 bits per heavy atom. The van der Waals surface area contributed by atoms with Crippen LogP contribution in [-0.2, 0) is 17.9 Å². The second-order valence-corrected chi connectivity index (χ2v) is 5.37. The van der Waals surface area contributed by atoms with E-state index in [0.29, 0.717) is 18.7 Å². The molecule has 0 aliphatic rings. The van der Waals surface area contributed by atoms with E-state index in [1.54, 1.807) is 7.11 Å². The fourth-order valence-electron chi connectivity index (χ4n) is 1.94. The number of methoxy groups -OCH3 is 1. The first-order valence-corrected chi connectivity index (χ1v) is 7.20. The quantitative estimate of drug-likeness (QED) is 0.892. The second kappa shape index (κ2) is 7.33. The Morgan fingerprint density at radius 3 is 2.62 bits per heavy atom. The van der Waals surface area contributed by atoms with Crippen molar-refractivity contribution in [1.82, 2.24) is 5.32 Å². The molecule has 0 atom stereocenters. The maximum absolute atomic E-state index is 13.2. The molecule has 110 valence electrons. The zero-order valence-electron chi connectivity index (χ0n) is 11.5. The number of carbonyl (C=O) groups is 1. The van der Waals surface area contributed by atoms with Crippen LogP contribution in [0.4, 0.5) is 4.39 Å². The monoisotopic (exact) mass is 351 g/mol. The summed E-state index contributed by atoms with van der Waals surface area (Å²) in [7, 11) is 1.63. The number of hydrogen-bond acceptors (Lipinski definition) is 2. The van der Waals surface area contributed by atoms with Crippen molar-refractivity contribution < 1.29 is 13.9 Å². The van der Waals surface area contributed by atoms with Gasteiger partial charge in [-0.05, 0) is 45.3 Å². The van der Waals surface area contributed by atoms with Crippen LogP contribution in [0, 0.1) is 5.82 Å². The van der Waals surface area contributed by atoms with Crippen LogP contribution in [0.5, 0.6) is 0 Å². The Kier molecular flexibility index (Phi) is 5.47. The molecule has 3 nitrogen and oxygen atoms in total. The summed E-state index contributed by atoms with van der Waals surface area (Å²) in [5.74, 6) is -0.639. The van der Waals surface area contributed by atoms with E-state index in [2.05, 4.69) is 21.2 Å². The van der Waals surface area contributed by atoms with Gasteiger partial charge in [0.1, 0.15) is 5.82 Å². The van der Waals surface area contributed by atoms with E-state index in [1.807, 2.05) is 24.3 Å². The van der Waals surface area contributed by atoms with Gasteiger partial charge < -0.3 is 10.1 Å². The number of carbonyl (C=O) groups excluding carboxylic acids is 1. The molecule has 0 unspecified atom stereocenters. The van der Waals surface area contributed by atoms with Crippen LogP contribution in [0.15, 0.2) is 46.9 Å². The first-order valence-electron chi connectivity index (χ1n) is 6.41. The van der Waals surface area contributed by atoms with Gasteiger partial charge in [-0.1, -0.05) is 24.3 Å². The first kappa shape index (κ1) is 15.7. The normalized spacial score (nSPS) is 10.4. The average Bonchev–Trinajstić information content (AvgIpc) is 2.49. The van der Waals surface area contributed by atoms with Crippen molar-refractivity contribution in [3.8, 4) is 0 Å². The van der Waals surface area contributed by atoms with E-state index in [4.69, 9.17) is 4.74 Å². The molecule has 0 saturated heterocycles. The lowest BCUT2D eigenvalue weighted by molar-refractivity contribution is 0.0950. The van der Waals surface area contributed by atoms with Gasteiger partial charge in [0.25, 0.3) is 5.91 Å². The molecule has 0 aliphatic heterocycles. The molecule has 0 bridgehead atoms. The number of halogens is 2. The fourth-order valence-corrected chi connectivity index (χ4v) is 2.32. The Balaban J connectivity index is 2.05. The molecule has 0 radical (unpaired) electrons. The van der Waals surface area contributed by atoms with Crippen molar-refractivity contribution in [2.45, 2.75) is 13.2 Å². The molecule has 0 spiro atoms. The first-order chi connectivity index (χ1) is 10.1. The summed E-state index contributed by atoms with van der Waals surface area (Å²) in [6.45, 7) is 0.890. The number of benzene rings is 2. The van der Waals surface area contributed by atoms with Crippen molar-refractivity contribution in [2.75, 3.05) is 7.11 Å². The number of nitrogens with one attached hydrogen (secondary N) is 1. The van der Waals surface area contributed by atoms with Crippen molar-refractivity contribution in [3.05, 3.63) is 69.4 Å². The minimum absolute atomic E-state index is 0.247. The third-order valence-electron chi connectivity index (χ3n) is 3.04. The van der Waals surface area contributed by atoms with Crippen LogP contribution in [0.3, 0.4) is 0 Å². The van der Waals surface area contributed by atoms with Gasteiger partial charge in [0, 0.05) is 19.2 Å². The summed E-state index contributed by atoms with van der Waals surface area (Å²) in [6.07, 6.45) is 0. The largest absolute Gasteiger partial charge is 0.380 e. The third-order valence-corrected chi connectivity index (χ3v) is 3.65. The topological polar surface area (TPSA) is 38.3 Å². The molecule has 1 amide bonds. The zero-order valence-corrected chi connectivity index (χ0v) is 13.1. The molecule has 0 heterocycles. The van der Waals surface area contributed by atoms with Gasteiger partial charge in [-0.25, -0.2) is 4.39 Å². The molecule has 0 saturated carbocycles. The van der Waals surface area contributed by atoms with Crippen molar-refractivity contribution >= 4 is 21.8 Å². The summed E-state index contributed by atoms with van der Waals surface area (Å²) in [4.78, 5) is 12.1. The van der Waals surface area contributed by atoms with Gasteiger partial charge in [-0.2, -0.15) is 0 Å². The molecule has 0 aromatic heterocycles. The van der Waals surface area contributed by atoms with Gasteiger partial charge in [0.15, 0.2) is 0 Å². The van der Waals surface area contributed by atoms with Gasteiger partial charge in [-0.15, -0.1) is 0 Å². The highest BCUT2D eigenvalue weighted by Gasteiger charge is 2.09. The summed E-state index contributed by atoms with van der Waals surface area (Å²) in [5.41, 5.74) is 2.43. The number of hydrogen-bond donors (Lipinski definition) is 1. The van der Waals surface area contributed by atoms with E-state index in [1.165, 1.54) is 18.2 Å². The highest BCUT2D eigenvalue weighted by molar-refractivity contribution is 9.10. The molecule has 0 aliphatic carbocycles. The zero-order chi connectivity index (χ0) is 15.2. The minimum atomic E-state index is -0.392. The van der Waals surface area contributed by atoms with Gasteiger partial charge in [0.05, 0.1) is 11.1 Å². The van der Waals surface area contributed by atoms with Crippen LogP contribution in [0.25, 0.3) is 0 Å². The summed E-state index contributed by atoms with van der Waals surface area (Å²) >= 11 is 3.07. The van der Waals surface area contributed by atoms with Crippen LogP contribution in [-0.4, -0.2) is 13.0 Å². The lowest BCUT2D eigenvalue weighted by Gasteiger charge is -2.10. The Morgan fingerprint density at radius 1 is 1.24 bits per heavy atom. The fraction of sp³-hybridized carbons (Fsp3) is 0.188. The van der Waals surface area contributed by atoms with Crippen LogP contribution in [0.1, 0.15) is 21.5 Å². The van der Waals surface area contributed by atoms with E-state index in [0.717, 1.165) is 11.1 Å². The molecule has 2 aromatic carbocycles. The van der Waals surface area contributed by atoms with Crippen molar-refractivity contribution in [1.29, 1.82) is 0 Å². The maximum Gasteiger partial charge on any atom is 0.251 e. The Bertz CT molecular complexity index is 646. The van der Waals surface area contributed by atoms with Gasteiger partial charge in [0.2, 0.25) is 0 Å². The van der Waals surface area contributed by atoms with Gasteiger partial charge in [-0.3, -0.25) is 4.79 Å². The summed E-state index contributed by atoms with van der Waals surface area (Å²) in [5, 5.41) is 2.82. The maximum atomic E-state index is 13.2. The third kappa shape index (κ3) is 4.12. The Hall–Kier alpha value is -1.72. The lowest BCUT2D eigenvalue weighted by atomic mass is 10.1. The molecule has 5 heteroatoms. The van der Waals surface area contributed by atoms with E-state index in [9.17, 15) is 9.18 Å². The van der Waals surface area contributed by atoms with Crippen molar-refractivity contribution in [2.24, 2.45) is 0 Å². The summed E-state index contributed by atoms with van der Waals surface area (Å²) in [6, 6.07) is 11.9. The smallest absolute Gasteiger partial charge is 0.251 e. The molecule has 2 aromatic rings.